The Morgan fingerprint density at radius 2 is 0.879 bits per heavy atom. The Labute approximate surface area is 385 Å². The van der Waals surface area contributed by atoms with Gasteiger partial charge in [-0.3, -0.25) is 0 Å². The van der Waals surface area contributed by atoms with Crippen molar-refractivity contribution in [3.8, 4) is 11.1 Å². The second-order valence-electron chi connectivity index (χ2n) is 18.3. The fourth-order valence-corrected chi connectivity index (χ4v) is 12.7. The largest absolute Gasteiger partial charge is 0.456 e. The number of furan rings is 1. The summed E-state index contributed by atoms with van der Waals surface area (Å²) in [6.07, 6.45) is 0. The third kappa shape index (κ3) is 5.29. The highest BCUT2D eigenvalue weighted by Gasteiger charge is 2.36. The van der Waals surface area contributed by atoms with Crippen molar-refractivity contribution in [3.05, 3.63) is 223 Å². The van der Waals surface area contributed by atoms with Gasteiger partial charge in [0.05, 0.1) is 11.1 Å². The average Bonchev–Trinajstić information content (AvgIpc) is 4.01. The maximum atomic E-state index is 6.60. The van der Waals surface area contributed by atoms with Crippen LogP contribution >= 0.6 is 11.3 Å². The van der Waals surface area contributed by atoms with Crippen LogP contribution in [0.15, 0.2) is 217 Å². The van der Waals surface area contributed by atoms with Crippen LogP contribution in [0.4, 0.5) is 17.1 Å². The van der Waals surface area contributed by atoms with Crippen LogP contribution < -0.4 is 4.90 Å². The maximum absolute atomic E-state index is 6.60. The highest BCUT2D eigenvalue weighted by atomic mass is 32.1. The molecule has 1 aliphatic carbocycles. The predicted molar refractivity (Wildman–Crippen MR) is 284 cm³/mol. The first-order chi connectivity index (χ1) is 32.5. The van der Waals surface area contributed by atoms with Gasteiger partial charge in [-0.15, -0.1) is 11.3 Å². The van der Waals surface area contributed by atoms with Crippen molar-refractivity contribution in [1.82, 2.24) is 0 Å². The molecule has 2 nitrogen and oxygen atoms in total. The van der Waals surface area contributed by atoms with Gasteiger partial charge in [0.1, 0.15) is 11.2 Å². The molecule has 0 unspecified atom stereocenters. The van der Waals surface area contributed by atoms with Crippen molar-refractivity contribution in [2.45, 2.75) is 19.3 Å². The number of nitrogens with zero attached hydrogens (tertiary/aromatic N) is 1. The molecule has 14 rings (SSSR count). The fraction of sp³-hybridized carbons (Fsp3) is 0.0476. The van der Waals surface area contributed by atoms with Gasteiger partial charge in [-0.05, 0) is 119 Å². The molecule has 0 saturated carbocycles. The van der Waals surface area contributed by atoms with Gasteiger partial charge in [0.25, 0.3) is 0 Å². The number of fused-ring (bicyclic) bond motifs is 20. The Morgan fingerprint density at radius 3 is 1.64 bits per heavy atom. The van der Waals surface area contributed by atoms with Crippen LogP contribution in [0.1, 0.15) is 25.0 Å². The van der Waals surface area contributed by atoms with E-state index in [9.17, 15) is 0 Å². The SMILES string of the molecule is CC1(C)c2ccccc2-c2ccc(N(c3ccc4c5ccccc5c5ccccc5c5ccccc5c5c(ccc6c7ccccc7sc65)c4c3)c3cccc4oc5ccccc5c34)cc21. The highest BCUT2D eigenvalue weighted by molar-refractivity contribution is 7.26. The first-order valence-corrected chi connectivity index (χ1v) is 23.6. The van der Waals surface area contributed by atoms with Crippen molar-refractivity contribution in [3.63, 3.8) is 0 Å². The monoisotopic (exact) mass is 859 g/mol. The minimum atomic E-state index is -0.174. The van der Waals surface area contributed by atoms with E-state index in [2.05, 4.69) is 231 Å². The van der Waals surface area contributed by atoms with E-state index in [4.69, 9.17) is 4.42 Å². The minimum Gasteiger partial charge on any atom is -0.456 e. The zero-order chi connectivity index (χ0) is 43.7. The second kappa shape index (κ2) is 14.0. The summed E-state index contributed by atoms with van der Waals surface area (Å²) in [5.74, 6) is 0. The lowest BCUT2D eigenvalue weighted by Crippen LogP contribution is -2.16. The molecule has 2 aromatic heterocycles. The van der Waals surface area contributed by atoms with E-state index in [-0.39, 0.29) is 5.41 Å². The quantitative estimate of drug-likeness (QED) is 0.176. The Kier molecular flexibility index (Phi) is 7.94. The number of benzene rings is 10. The van der Waals surface area contributed by atoms with Gasteiger partial charge in [0, 0.05) is 47.7 Å². The molecule has 0 aliphatic heterocycles. The molecule has 0 N–H and O–H groups in total. The molecular weight excluding hydrogens is 819 g/mol. The zero-order valence-corrected chi connectivity index (χ0v) is 37.3. The van der Waals surface area contributed by atoms with Crippen LogP contribution in [-0.2, 0) is 5.41 Å². The van der Waals surface area contributed by atoms with Crippen LogP contribution in [0.5, 0.6) is 0 Å². The lowest BCUT2D eigenvalue weighted by Gasteiger charge is -2.29. The summed E-state index contributed by atoms with van der Waals surface area (Å²) in [7, 11) is 0. The lowest BCUT2D eigenvalue weighted by atomic mass is 9.82. The van der Waals surface area contributed by atoms with Crippen LogP contribution in [-0.4, -0.2) is 0 Å². The molecule has 11 aromatic carbocycles. The highest BCUT2D eigenvalue weighted by Crippen LogP contribution is 2.52. The van der Waals surface area contributed by atoms with Crippen LogP contribution in [0.25, 0.3) is 107 Å². The van der Waals surface area contributed by atoms with Gasteiger partial charge >= 0.3 is 0 Å². The summed E-state index contributed by atoms with van der Waals surface area (Å²) < 4.78 is 9.20. The van der Waals surface area contributed by atoms with E-state index in [0.717, 1.165) is 39.0 Å². The van der Waals surface area contributed by atoms with Gasteiger partial charge in [0.15, 0.2) is 0 Å². The van der Waals surface area contributed by atoms with Gasteiger partial charge in [0.2, 0.25) is 0 Å². The number of hydrogen-bond donors (Lipinski definition) is 0. The van der Waals surface area contributed by atoms with E-state index < -0.39 is 0 Å². The number of para-hydroxylation sites is 1. The van der Waals surface area contributed by atoms with Crippen molar-refractivity contribution in [2.75, 3.05) is 4.90 Å². The van der Waals surface area contributed by atoms with Gasteiger partial charge in [-0.1, -0.05) is 178 Å². The second-order valence-corrected chi connectivity index (χ2v) is 19.4. The Balaban J connectivity index is 1.18. The van der Waals surface area contributed by atoms with E-state index in [1.54, 1.807) is 0 Å². The summed E-state index contributed by atoms with van der Waals surface area (Å²) in [5.41, 5.74) is 10.1. The first kappa shape index (κ1) is 37.4. The maximum Gasteiger partial charge on any atom is 0.137 e. The minimum absolute atomic E-state index is 0.174. The average molecular weight is 860 g/mol. The number of thiophene rings is 1. The molecule has 0 spiro atoms. The predicted octanol–water partition coefficient (Wildman–Crippen LogP) is 18.6. The molecule has 0 saturated heterocycles. The normalized spacial score (nSPS) is 13.1. The zero-order valence-electron chi connectivity index (χ0n) is 36.5. The smallest absolute Gasteiger partial charge is 0.137 e. The summed E-state index contributed by atoms with van der Waals surface area (Å²) in [6, 6.07) is 78.8. The van der Waals surface area contributed by atoms with Crippen molar-refractivity contribution < 1.29 is 4.42 Å². The van der Waals surface area contributed by atoms with Gasteiger partial charge < -0.3 is 9.32 Å². The van der Waals surface area contributed by atoms with Crippen molar-refractivity contribution in [1.29, 1.82) is 0 Å². The molecule has 0 bridgehead atoms. The molecule has 0 fully saturated rings. The summed E-state index contributed by atoms with van der Waals surface area (Å²) in [6.45, 7) is 4.73. The molecule has 13 aromatic rings. The molecular formula is C63H41NOS. The molecule has 310 valence electrons. The third-order valence-corrected chi connectivity index (χ3v) is 15.7. The van der Waals surface area contributed by atoms with Gasteiger partial charge in [-0.2, -0.15) is 0 Å². The Morgan fingerprint density at radius 1 is 0.364 bits per heavy atom. The van der Waals surface area contributed by atoms with E-state index in [1.807, 2.05) is 11.3 Å². The topological polar surface area (TPSA) is 16.4 Å². The van der Waals surface area contributed by atoms with E-state index >= 15 is 0 Å². The summed E-state index contributed by atoms with van der Waals surface area (Å²) >= 11 is 1.90. The lowest BCUT2D eigenvalue weighted by molar-refractivity contribution is 0.660. The number of anilines is 3. The summed E-state index contributed by atoms with van der Waals surface area (Å²) in [4.78, 5) is 2.48. The molecule has 2 heterocycles. The van der Waals surface area contributed by atoms with Crippen molar-refractivity contribution in [2.24, 2.45) is 0 Å². The van der Waals surface area contributed by atoms with E-state index in [0.29, 0.717) is 0 Å². The van der Waals surface area contributed by atoms with Gasteiger partial charge in [-0.25, -0.2) is 0 Å². The molecule has 0 amide bonds. The molecule has 0 radical (unpaired) electrons. The standard InChI is InChI=1S/C63H41NOS/c1-63(2)54-25-12-9-21-46(54)47-33-31-39(37-55(47)63)64(56-26-15-28-58-61(56)52-24-10-13-27-57(52)65-58)38-30-32-45-43-19-6-4-17-41(43)40-16-3-5-18-42(40)44-20-7-8-23-49(44)60-50(53(45)36-38)34-35-51-48-22-11-14-29-59(48)66-62(51)60/h3-37H,1-2H3. The van der Waals surface area contributed by atoms with Crippen LogP contribution in [0, 0.1) is 0 Å². The number of hydrogen-bond acceptors (Lipinski definition) is 3. The molecule has 66 heavy (non-hydrogen) atoms. The molecule has 0 atom stereocenters. The Bertz CT molecular complexity index is 4280. The summed E-state index contributed by atoms with van der Waals surface area (Å²) in [5, 5.41) is 17.0. The molecule has 3 heteroatoms. The van der Waals surface area contributed by atoms with Crippen LogP contribution in [0.2, 0.25) is 0 Å². The fourth-order valence-electron chi connectivity index (χ4n) is 11.5. The Hall–Kier alpha value is -7.98. The molecule has 1 aliphatic rings. The van der Waals surface area contributed by atoms with Crippen molar-refractivity contribution >= 4 is 124 Å². The van der Waals surface area contributed by atoms with E-state index in [1.165, 1.54) is 96.3 Å². The number of rotatable bonds is 3. The van der Waals surface area contributed by atoms with Crippen LogP contribution in [0.3, 0.4) is 0 Å². The third-order valence-electron chi connectivity index (χ3n) is 14.5. The first-order valence-electron chi connectivity index (χ1n) is 22.8.